The highest BCUT2D eigenvalue weighted by molar-refractivity contribution is 7.92. The molecule has 0 saturated carbocycles. The van der Waals surface area contributed by atoms with Gasteiger partial charge in [0.15, 0.2) is 0 Å². The number of fused-ring (bicyclic) bond motifs is 1. The molecule has 7 nitrogen and oxygen atoms in total. The third kappa shape index (κ3) is 4.16. The van der Waals surface area contributed by atoms with Gasteiger partial charge < -0.3 is 0 Å². The topological polar surface area (TPSA) is 96.4 Å². The second-order valence-corrected chi connectivity index (χ2v) is 8.71. The molecule has 0 spiro atoms. The molecular formula is C21H13F4N3O4S. The van der Waals surface area contributed by atoms with Crippen LogP contribution < -0.4 is 4.72 Å². The molecule has 0 aliphatic carbocycles. The summed E-state index contributed by atoms with van der Waals surface area (Å²) in [6, 6.07) is 8.32. The molecule has 170 valence electrons. The molecule has 2 amide bonds. The fraction of sp³-hybridized carbons (Fsp3) is 0.0952. The first-order valence-corrected chi connectivity index (χ1v) is 10.7. The van der Waals surface area contributed by atoms with Gasteiger partial charge in [0.05, 0.1) is 33.8 Å². The Labute approximate surface area is 184 Å². The fourth-order valence-electron chi connectivity index (χ4n) is 3.33. The third-order valence-corrected chi connectivity index (χ3v) is 6.22. The lowest BCUT2D eigenvalue weighted by molar-refractivity contribution is -0.140. The molecule has 0 unspecified atom stereocenters. The number of sulfonamides is 1. The van der Waals surface area contributed by atoms with Gasteiger partial charge in [0.25, 0.3) is 21.8 Å². The van der Waals surface area contributed by atoms with Crippen molar-refractivity contribution in [1.29, 1.82) is 0 Å². The first-order chi connectivity index (χ1) is 15.5. The number of aromatic nitrogens is 1. The van der Waals surface area contributed by atoms with Gasteiger partial charge in [0.1, 0.15) is 5.82 Å². The summed E-state index contributed by atoms with van der Waals surface area (Å²) in [6.45, 7) is -0.112. The van der Waals surface area contributed by atoms with Crippen LogP contribution in [-0.2, 0) is 22.7 Å². The van der Waals surface area contributed by atoms with Crippen LogP contribution >= 0.6 is 0 Å². The highest BCUT2D eigenvalue weighted by Crippen LogP contribution is 2.35. The molecule has 0 fully saturated rings. The molecule has 3 aromatic rings. The zero-order chi connectivity index (χ0) is 24.0. The number of carbonyl (C=O) groups is 2. The number of imide groups is 1. The number of hydrogen-bond donors (Lipinski definition) is 1. The molecular weight excluding hydrogens is 466 g/mol. The predicted molar refractivity (Wildman–Crippen MR) is 107 cm³/mol. The van der Waals surface area contributed by atoms with E-state index in [-0.39, 0.29) is 29.4 Å². The Morgan fingerprint density at radius 1 is 1.00 bits per heavy atom. The van der Waals surface area contributed by atoms with Crippen LogP contribution in [0, 0.1) is 5.82 Å². The first kappa shape index (κ1) is 22.4. The fourth-order valence-corrected chi connectivity index (χ4v) is 4.43. The number of amides is 2. The Kier molecular flexibility index (Phi) is 5.40. The number of nitrogens with zero attached hydrogens (tertiary/aromatic N) is 2. The number of benzene rings is 2. The van der Waals surface area contributed by atoms with E-state index in [1.54, 1.807) is 12.1 Å². The van der Waals surface area contributed by atoms with Crippen molar-refractivity contribution in [2.45, 2.75) is 17.6 Å². The molecule has 0 radical (unpaired) electrons. The number of hydrogen-bond acceptors (Lipinski definition) is 5. The Hall–Kier alpha value is -3.80. The van der Waals surface area contributed by atoms with Gasteiger partial charge in [0.2, 0.25) is 0 Å². The van der Waals surface area contributed by atoms with E-state index < -0.39 is 44.3 Å². The normalized spacial score (nSPS) is 13.9. The summed E-state index contributed by atoms with van der Waals surface area (Å²) in [5.74, 6) is -3.08. The van der Waals surface area contributed by atoms with Crippen molar-refractivity contribution in [2.24, 2.45) is 0 Å². The monoisotopic (exact) mass is 479 g/mol. The maximum absolute atomic E-state index is 13.5. The average molecular weight is 479 g/mol. The number of carbonyl (C=O) groups excluding carboxylic acids is 2. The molecule has 4 rings (SSSR count). The molecule has 1 N–H and O–H groups in total. The minimum Gasteiger partial charge on any atom is -0.279 e. The number of halogens is 4. The van der Waals surface area contributed by atoms with E-state index in [9.17, 15) is 35.6 Å². The third-order valence-electron chi connectivity index (χ3n) is 4.86. The van der Waals surface area contributed by atoms with Gasteiger partial charge in [-0.15, -0.1) is 0 Å². The Morgan fingerprint density at radius 2 is 1.76 bits per heavy atom. The van der Waals surface area contributed by atoms with Gasteiger partial charge in [-0.2, -0.15) is 13.2 Å². The van der Waals surface area contributed by atoms with Crippen LogP contribution in [0.25, 0.3) is 0 Å². The lowest BCUT2D eigenvalue weighted by atomic mass is 10.1. The second-order valence-electron chi connectivity index (χ2n) is 7.03. The van der Waals surface area contributed by atoms with Crippen molar-refractivity contribution in [2.75, 3.05) is 4.72 Å². The van der Waals surface area contributed by atoms with E-state index in [1.165, 1.54) is 30.6 Å². The van der Waals surface area contributed by atoms with Gasteiger partial charge in [-0.25, -0.2) is 12.8 Å². The molecule has 2 heterocycles. The number of alkyl halides is 3. The summed E-state index contributed by atoms with van der Waals surface area (Å²) < 4.78 is 80.0. The van der Waals surface area contributed by atoms with Gasteiger partial charge in [-0.1, -0.05) is 12.1 Å². The van der Waals surface area contributed by atoms with E-state index in [0.29, 0.717) is 17.7 Å². The molecule has 12 heteroatoms. The smallest absolute Gasteiger partial charge is 0.279 e. The molecule has 0 atom stereocenters. The van der Waals surface area contributed by atoms with Gasteiger partial charge >= 0.3 is 6.18 Å². The van der Waals surface area contributed by atoms with Crippen LogP contribution in [0.1, 0.15) is 31.8 Å². The summed E-state index contributed by atoms with van der Waals surface area (Å²) in [4.78, 5) is 29.6. The van der Waals surface area contributed by atoms with Crippen LogP contribution in [0.3, 0.4) is 0 Å². The van der Waals surface area contributed by atoms with Crippen LogP contribution in [-0.4, -0.2) is 30.1 Å². The zero-order valence-corrected chi connectivity index (χ0v) is 17.2. The first-order valence-electron chi connectivity index (χ1n) is 9.27. The Balaban J connectivity index is 1.69. The van der Waals surface area contributed by atoms with Crippen molar-refractivity contribution < 1.29 is 35.6 Å². The lowest BCUT2D eigenvalue weighted by Gasteiger charge is -2.14. The van der Waals surface area contributed by atoms with Crippen LogP contribution in [0.15, 0.2) is 65.8 Å². The molecule has 0 bridgehead atoms. The number of pyridine rings is 1. The van der Waals surface area contributed by atoms with Crippen molar-refractivity contribution in [3.05, 3.63) is 89.0 Å². The average Bonchev–Trinajstić information content (AvgIpc) is 2.99. The molecule has 1 aliphatic heterocycles. The Bertz CT molecular complexity index is 1380. The summed E-state index contributed by atoms with van der Waals surface area (Å²) >= 11 is 0. The van der Waals surface area contributed by atoms with Crippen LogP contribution in [0.4, 0.5) is 23.2 Å². The maximum atomic E-state index is 13.5. The lowest BCUT2D eigenvalue weighted by Crippen LogP contribution is -2.29. The maximum Gasteiger partial charge on any atom is 0.419 e. The summed E-state index contributed by atoms with van der Waals surface area (Å²) in [6.07, 6.45) is -2.14. The molecule has 1 aromatic heterocycles. The SMILES string of the molecule is O=C1c2cccc(NS(=O)(=O)c3ccc(F)c(C(F)(F)F)c3)c2C(=O)N1Cc1cccnc1. The molecule has 2 aromatic carbocycles. The summed E-state index contributed by atoms with van der Waals surface area (Å²) in [5, 5.41) is 0. The van der Waals surface area contributed by atoms with E-state index in [1.807, 2.05) is 4.72 Å². The van der Waals surface area contributed by atoms with E-state index in [2.05, 4.69) is 4.98 Å². The van der Waals surface area contributed by atoms with Crippen molar-refractivity contribution in [1.82, 2.24) is 9.88 Å². The number of anilines is 1. The molecule has 1 aliphatic rings. The quantitative estimate of drug-likeness (QED) is 0.443. The largest absolute Gasteiger partial charge is 0.419 e. The van der Waals surface area contributed by atoms with Crippen molar-refractivity contribution in [3.63, 3.8) is 0 Å². The summed E-state index contributed by atoms with van der Waals surface area (Å²) in [5.41, 5.74) is -1.80. The number of nitrogens with one attached hydrogen (secondary N) is 1. The summed E-state index contributed by atoms with van der Waals surface area (Å²) in [7, 11) is -4.66. The molecule has 0 saturated heterocycles. The Morgan fingerprint density at radius 3 is 2.42 bits per heavy atom. The van der Waals surface area contributed by atoms with Gasteiger partial charge in [-0.3, -0.25) is 24.2 Å². The minimum atomic E-state index is -5.11. The van der Waals surface area contributed by atoms with Crippen molar-refractivity contribution in [3.8, 4) is 0 Å². The van der Waals surface area contributed by atoms with E-state index >= 15 is 0 Å². The highest BCUT2D eigenvalue weighted by Gasteiger charge is 2.39. The highest BCUT2D eigenvalue weighted by atomic mass is 32.2. The van der Waals surface area contributed by atoms with Gasteiger partial charge in [0, 0.05) is 12.4 Å². The van der Waals surface area contributed by atoms with E-state index in [4.69, 9.17) is 0 Å². The van der Waals surface area contributed by atoms with Crippen LogP contribution in [0.5, 0.6) is 0 Å². The predicted octanol–water partition coefficient (Wildman–Crippen LogP) is 3.84. The standard InChI is InChI=1S/C21H13F4N3O4S/c22-16-7-6-13(9-15(16)21(23,24)25)33(31,32)27-17-5-1-4-14-18(17)20(30)28(19(14)29)11-12-3-2-8-26-10-12/h1-10,27H,11H2. The minimum absolute atomic E-state index is 0.0702. The van der Waals surface area contributed by atoms with Crippen molar-refractivity contribution >= 4 is 27.5 Å². The van der Waals surface area contributed by atoms with Gasteiger partial charge in [-0.05, 0) is 42.0 Å². The van der Waals surface area contributed by atoms with E-state index in [0.717, 1.165) is 4.90 Å². The van der Waals surface area contributed by atoms with Crippen LogP contribution in [0.2, 0.25) is 0 Å². The number of rotatable bonds is 5. The molecule has 33 heavy (non-hydrogen) atoms. The second kappa shape index (κ2) is 7.96. The zero-order valence-electron chi connectivity index (χ0n) is 16.4.